The highest BCUT2D eigenvalue weighted by molar-refractivity contribution is 8.00. The smallest absolute Gasteiger partial charge is 0.130 e. The second-order valence-corrected chi connectivity index (χ2v) is 7.05. The first kappa shape index (κ1) is 12.6. The number of nitrogen functional groups attached to an aromatic ring is 1. The van der Waals surface area contributed by atoms with Gasteiger partial charge in [-0.25, -0.2) is 4.98 Å². The highest BCUT2D eigenvalue weighted by Crippen LogP contribution is 2.32. The van der Waals surface area contributed by atoms with E-state index in [-0.39, 0.29) is 0 Å². The number of anilines is 2. The van der Waals surface area contributed by atoms with Crippen LogP contribution in [-0.4, -0.2) is 28.6 Å². The summed E-state index contributed by atoms with van der Waals surface area (Å²) in [4.78, 5) is 6.83. The molecule has 94 valence electrons. The number of aromatic nitrogens is 1. The summed E-state index contributed by atoms with van der Waals surface area (Å²) in [6, 6.07) is 2.00. The number of nitrogens with two attached hydrogens (primary N) is 1. The van der Waals surface area contributed by atoms with E-state index in [1.807, 2.05) is 30.9 Å². The van der Waals surface area contributed by atoms with Crippen molar-refractivity contribution in [2.75, 3.05) is 29.5 Å². The Balaban J connectivity index is 2.14. The maximum absolute atomic E-state index is 5.95. The lowest BCUT2D eigenvalue weighted by Crippen LogP contribution is -2.27. The van der Waals surface area contributed by atoms with E-state index in [2.05, 4.69) is 23.7 Å². The third-order valence-electron chi connectivity index (χ3n) is 3.29. The molecule has 0 aromatic carbocycles. The Morgan fingerprint density at radius 3 is 2.88 bits per heavy atom. The summed E-state index contributed by atoms with van der Waals surface area (Å²) in [5, 5.41) is 0. The number of aryl methyl sites for hydroxylation is 1. The zero-order chi connectivity index (χ0) is 12.5. The van der Waals surface area contributed by atoms with Gasteiger partial charge in [0.2, 0.25) is 0 Å². The van der Waals surface area contributed by atoms with Crippen LogP contribution in [0.1, 0.15) is 25.8 Å². The van der Waals surface area contributed by atoms with E-state index in [4.69, 9.17) is 5.73 Å². The maximum Gasteiger partial charge on any atom is 0.130 e. The topological polar surface area (TPSA) is 42.2 Å². The molecule has 2 N–H and O–H groups in total. The van der Waals surface area contributed by atoms with Crippen molar-refractivity contribution >= 4 is 23.3 Å². The van der Waals surface area contributed by atoms with Gasteiger partial charge in [0.25, 0.3) is 0 Å². The number of thioether (sulfide) groups is 1. The number of hydrogen-bond acceptors (Lipinski definition) is 4. The quantitative estimate of drug-likeness (QED) is 0.833. The van der Waals surface area contributed by atoms with Crippen LogP contribution >= 0.6 is 11.8 Å². The van der Waals surface area contributed by atoms with E-state index in [9.17, 15) is 0 Å². The van der Waals surface area contributed by atoms with Crippen LogP contribution in [-0.2, 0) is 0 Å². The van der Waals surface area contributed by atoms with Crippen molar-refractivity contribution in [3.05, 3.63) is 17.8 Å². The minimum Gasteiger partial charge on any atom is -0.398 e. The number of pyridine rings is 1. The highest BCUT2D eigenvalue weighted by atomic mass is 32.2. The van der Waals surface area contributed by atoms with E-state index in [0.717, 1.165) is 35.9 Å². The van der Waals surface area contributed by atoms with Crippen LogP contribution in [0.5, 0.6) is 0 Å². The molecule has 0 amide bonds. The van der Waals surface area contributed by atoms with Gasteiger partial charge in [-0.3, -0.25) is 0 Å². The van der Waals surface area contributed by atoms with E-state index in [1.165, 1.54) is 6.42 Å². The zero-order valence-electron chi connectivity index (χ0n) is 10.9. The Kier molecular flexibility index (Phi) is 3.52. The second-order valence-electron chi connectivity index (χ2n) is 5.24. The minimum atomic E-state index is 0.380. The van der Waals surface area contributed by atoms with Crippen LogP contribution in [0, 0.1) is 6.92 Å². The molecule has 0 unspecified atom stereocenters. The van der Waals surface area contributed by atoms with Crippen molar-refractivity contribution in [1.82, 2.24) is 4.98 Å². The van der Waals surface area contributed by atoms with E-state index in [1.54, 1.807) is 0 Å². The predicted molar refractivity (Wildman–Crippen MR) is 76.8 cm³/mol. The average molecular weight is 251 g/mol. The van der Waals surface area contributed by atoms with Crippen LogP contribution in [0.2, 0.25) is 0 Å². The Labute approximate surface area is 108 Å². The molecular formula is C13H21N3S. The summed E-state index contributed by atoms with van der Waals surface area (Å²) in [7, 11) is 0. The van der Waals surface area contributed by atoms with Crippen LogP contribution in [0.4, 0.5) is 11.5 Å². The van der Waals surface area contributed by atoms with Gasteiger partial charge in [0.05, 0.1) is 0 Å². The Morgan fingerprint density at radius 1 is 1.41 bits per heavy atom. The van der Waals surface area contributed by atoms with Crippen molar-refractivity contribution in [3.8, 4) is 0 Å². The van der Waals surface area contributed by atoms with Crippen LogP contribution in [0.15, 0.2) is 12.3 Å². The molecular weight excluding hydrogens is 230 g/mol. The third-order valence-corrected chi connectivity index (χ3v) is 4.66. The molecule has 0 aliphatic carbocycles. The fourth-order valence-electron chi connectivity index (χ4n) is 1.95. The van der Waals surface area contributed by atoms with Gasteiger partial charge in [-0.1, -0.05) is 13.8 Å². The molecule has 17 heavy (non-hydrogen) atoms. The third kappa shape index (κ3) is 3.06. The van der Waals surface area contributed by atoms with Crippen molar-refractivity contribution in [1.29, 1.82) is 0 Å². The summed E-state index contributed by atoms with van der Waals surface area (Å²) in [6.07, 6.45) is 3.06. The summed E-state index contributed by atoms with van der Waals surface area (Å²) in [5.74, 6) is 2.18. The number of nitrogens with zero attached hydrogens (tertiary/aromatic N) is 2. The molecule has 1 saturated heterocycles. The van der Waals surface area contributed by atoms with Crippen molar-refractivity contribution in [2.24, 2.45) is 0 Å². The zero-order valence-corrected chi connectivity index (χ0v) is 11.7. The molecule has 1 aromatic heterocycles. The largest absolute Gasteiger partial charge is 0.398 e. The molecule has 1 aliphatic rings. The molecule has 0 bridgehead atoms. The monoisotopic (exact) mass is 251 g/mol. The van der Waals surface area contributed by atoms with E-state index >= 15 is 0 Å². The van der Waals surface area contributed by atoms with Gasteiger partial charge in [0.1, 0.15) is 5.82 Å². The van der Waals surface area contributed by atoms with Crippen molar-refractivity contribution in [2.45, 2.75) is 31.9 Å². The van der Waals surface area contributed by atoms with Gasteiger partial charge in [-0.2, -0.15) is 11.8 Å². The van der Waals surface area contributed by atoms with Gasteiger partial charge >= 0.3 is 0 Å². The number of rotatable bonds is 1. The molecule has 0 radical (unpaired) electrons. The lowest BCUT2D eigenvalue weighted by Gasteiger charge is -2.23. The van der Waals surface area contributed by atoms with Gasteiger partial charge in [-0.05, 0) is 18.9 Å². The Bertz CT molecular complexity index is 404. The summed E-state index contributed by atoms with van der Waals surface area (Å²) >= 11 is 2.05. The lowest BCUT2D eigenvalue weighted by atomic mass is 10.1. The molecule has 0 saturated carbocycles. The standard InChI is InChI=1S/C13H21N3S/c1-10-9-15-12(8-11(10)14)16-5-4-13(2,3)17-7-6-16/h8-9H,4-7H2,1-3H3,(H2,14,15). The second kappa shape index (κ2) is 4.77. The average Bonchev–Trinajstić information content (AvgIpc) is 2.44. The normalized spacial score (nSPS) is 20.1. The first-order valence-electron chi connectivity index (χ1n) is 6.09. The first-order chi connectivity index (χ1) is 7.98. The maximum atomic E-state index is 5.95. The molecule has 1 aliphatic heterocycles. The molecule has 1 aromatic rings. The molecule has 2 heterocycles. The SMILES string of the molecule is Cc1cnc(N2CCSC(C)(C)CC2)cc1N. The first-order valence-corrected chi connectivity index (χ1v) is 7.07. The molecule has 0 atom stereocenters. The van der Waals surface area contributed by atoms with Crippen LogP contribution in [0.25, 0.3) is 0 Å². The van der Waals surface area contributed by atoms with Gasteiger partial charge in [0.15, 0.2) is 0 Å². The minimum absolute atomic E-state index is 0.380. The van der Waals surface area contributed by atoms with Gasteiger partial charge in [0, 0.05) is 41.5 Å². The van der Waals surface area contributed by atoms with E-state index < -0.39 is 0 Å². The van der Waals surface area contributed by atoms with Crippen LogP contribution in [0.3, 0.4) is 0 Å². The van der Waals surface area contributed by atoms with Crippen LogP contribution < -0.4 is 10.6 Å². The Morgan fingerprint density at radius 2 is 2.18 bits per heavy atom. The van der Waals surface area contributed by atoms with Gasteiger partial charge < -0.3 is 10.6 Å². The predicted octanol–water partition coefficient (Wildman–Crippen LogP) is 2.69. The molecule has 0 spiro atoms. The molecule has 2 rings (SSSR count). The summed E-state index contributed by atoms with van der Waals surface area (Å²) in [6.45, 7) is 8.75. The lowest BCUT2D eigenvalue weighted by molar-refractivity contribution is 0.635. The highest BCUT2D eigenvalue weighted by Gasteiger charge is 2.24. The summed E-state index contributed by atoms with van der Waals surface area (Å²) in [5.41, 5.74) is 7.84. The molecule has 4 heteroatoms. The summed E-state index contributed by atoms with van der Waals surface area (Å²) < 4.78 is 0.380. The fraction of sp³-hybridized carbons (Fsp3) is 0.615. The molecule has 3 nitrogen and oxygen atoms in total. The van der Waals surface area contributed by atoms with E-state index in [0.29, 0.717) is 4.75 Å². The van der Waals surface area contributed by atoms with Gasteiger partial charge in [-0.15, -0.1) is 0 Å². The van der Waals surface area contributed by atoms with Crippen molar-refractivity contribution < 1.29 is 0 Å². The van der Waals surface area contributed by atoms with Crippen molar-refractivity contribution in [3.63, 3.8) is 0 Å². The fourth-order valence-corrected chi connectivity index (χ4v) is 3.05. The molecule has 1 fully saturated rings. The Hall–Kier alpha value is -0.900. The number of hydrogen-bond donors (Lipinski definition) is 1.